The van der Waals surface area contributed by atoms with Gasteiger partial charge in [-0.25, -0.2) is 0 Å². The van der Waals surface area contributed by atoms with Crippen LogP contribution in [0, 0.1) is 11.8 Å². The largest absolute Gasteiger partial charge is 0.481 e. The molecule has 0 spiro atoms. The van der Waals surface area contributed by atoms with Gasteiger partial charge in [0.05, 0.1) is 18.6 Å². The molecule has 0 radical (unpaired) electrons. The van der Waals surface area contributed by atoms with Crippen molar-refractivity contribution in [1.29, 1.82) is 0 Å². The Labute approximate surface area is 76.8 Å². The molecule has 1 N–H and O–H groups in total. The van der Waals surface area contributed by atoms with E-state index in [2.05, 4.69) is 0 Å². The summed E-state index contributed by atoms with van der Waals surface area (Å²) in [4.78, 5) is 10.6. The van der Waals surface area contributed by atoms with Gasteiger partial charge in [-0.15, -0.1) is 0 Å². The molecule has 1 aliphatic heterocycles. The van der Waals surface area contributed by atoms with Gasteiger partial charge in [0.15, 0.2) is 5.79 Å². The molecule has 4 nitrogen and oxygen atoms in total. The van der Waals surface area contributed by atoms with Crippen LogP contribution in [-0.4, -0.2) is 29.6 Å². The van der Waals surface area contributed by atoms with E-state index >= 15 is 0 Å². The van der Waals surface area contributed by atoms with Crippen LogP contribution in [0.4, 0.5) is 0 Å². The Balaban J connectivity index is 1.89. The summed E-state index contributed by atoms with van der Waals surface area (Å²) < 4.78 is 10.9. The third-order valence-corrected chi connectivity index (χ3v) is 2.66. The summed E-state index contributed by atoms with van der Waals surface area (Å²) in [6.45, 7) is 4.23. The average molecular weight is 186 g/mol. The standard InChI is InChI=1S/C9H14O4/c1-9(2)12-4-7(13-9)5-3-6(5)8(10)11/h5-7H,3-4H2,1-2H3,(H,10,11)/t5-,6-,7-/m1/s1. The first-order chi connectivity index (χ1) is 5.99. The van der Waals surface area contributed by atoms with Crippen LogP contribution in [0.2, 0.25) is 0 Å². The summed E-state index contributed by atoms with van der Waals surface area (Å²) in [5.41, 5.74) is 0. The minimum atomic E-state index is -0.710. The van der Waals surface area contributed by atoms with Gasteiger partial charge >= 0.3 is 5.97 Å². The fraction of sp³-hybridized carbons (Fsp3) is 0.889. The van der Waals surface area contributed by atoms with E-state index in [-0.39, 0.29) is 17.9 Å². The summed E-state index contributed by atoms with van der Waals surface area (Å²) in [5.74, 6) is -1.28. The lowest BCUT2D eigenvalue weighted by Crippen LogP contribution is -2.23. The summed E-state index contributed by atoms with van der Waals surface area (Å²) in [7, 11) is 0. The molecule has 0 aromatic rings. The van der Waals surface area contributed by atoms with Crippen LogP contribution in [-0.2, 0) is 14.3 Å². The van der Waals surface area contributed by atoms with E-state index in [1.54, 1.807) is 0 Å². The lowest BCUT2D eigenvalue weighted by atomic mass is 10.2. The van der Waals surface area contributed by atoms with Gasteiger partial charge < -0.3 is 14.6 Å². The first-order valence-corrected chi connectivity index (χ1v) is 4.54. The second-order valence-corrected chi connectivity index (χ2v) is 4.21. The second-order valence-electron chi connectivity index (χ2n) is 4.21. The molecule has 74 valence electrons. The van der Waals surface area contributed by atoms with Crippen LogP contribution in [0.1, 0.15) is 20.3 Å². The van der Waals surface area contributed by atoms with Crippen molar-refractivity contribution in [3.8, 4) is 0 Å². The third kappa shape index (κ3) is 1.69. The minimum Gasteiger partial charge on any atom is -0.481 e. The topological polar surface area (TPSA) is 55.8 Å². The van der Waals surface area contributed by atoms with Crippen LogP contribution < -0.4 is 0 Å². The molecule has 4 heteroatoms. The molecule has 2 aliphatic rings. The Kier molecular flexibility index (Phi) is 1.85. The van der Waals surface area contributed by atoms with Crippen molar-refractivity contribution in [3.63, 3.8) is 0 Å². The average Bonchev–Trinajstić information content (AvgIpc) is 2.71. The highest BCUT2D eigenvalue weighted by atomic mass is 16.7. The molecule has 0 bridgehead atoms. The highest BCUT2D eigenvalue weighted by molar-refractivity contribution is 5.73. The Morgan fingerprint density at radius 1 is 1.54 bits per heavy atom. The fourth-order valence-corrected chi connectivity index (χ4v) is 1.84. The maximum Gasteiger partial charge on any atom is 0.306 e. The highest BCUT2D eigenvalue weighted by Crippen LogP contribution is 2.45. The second kappa shape index (κ2) is 2.69. The summed E-state index contributed by atoms with van der Waals surface area (Å²) in [6, 6.07) is 0. The molecule has 2 fully saturated rings. The first-order valence-electron chi connectivity index (χ1n) is 4.54. The van der Waals surface area contributed by atoms with Crippen molar-refractivity contribution >= 4 is 5.97 Å². The highest BCUT2D eigenvalue weighted by Gasteiger charge is 2.52. The normalized spacial score (nSPS) is 41.8. The molecule has 13 heavy (non-hydrogen) atoms. The molecule has 0 unspecified atom stereocenters. The Morgan fingerprint density at radius 3 is 2.62 bits per heavy atom. The van der Waals surface area contributed by atoms with Crippen molar-refractivity contribution in [2.75, 3.05) is 6.61 Å². The van der Waals surface area contributed by atoms with Gasteiger partial charge in [0, 0.05) is 5.92 Å². The van der Waals surface area contributed by atoms with Gasteiger partial charge in [-0.3, -0.25) is 4.79 Å². The van der Waals surface area contributed by atoms with Gasteiger partial charge in [0.1, 0.15) is 0 Å². The third-order valence-electron chi connectivity index (χ3n) is 2.66. The number of ether oxygens (including phenoxy) is 2. The predicted octanol–water partition coefficient (Wildman–Crippen LogP) is 0.859. The molecule has 3 atom stereocenters. The van der Waals surface area contributed by atoms with Gasteiger partial charge in [-0.1, -0.05) is 0 Å². The van der Waals surface area contributed by atoms with Crippen LogP contribution >= 0.6 is 0 Å². The zero-order valence-electron chi connectivity index (χ0n) is 7.82. The van der Waals surface area contributed by atoms with E-state index in [0.717, 1.165) is 6.42 Å². The lowest BCUT2D eigenvalue weighted by molar-refractivity contribution is -0.145. The van der Waals surface area contributed by atoms with Gasteiger partial charge in [-0.05, 0) is 20.3 Å². The Hall–Kier alpha value is -0.610. The molecule has 0 aromatic carbocycles. The number of hydrogen-bond donors (Lipinski definition) is 1. The van der Waals surface area contributed by atoms with Crippen molar-refractivity contribution in [2.45, 2.75) is 32.2 Å². The number of carbonyl (C=O) groups is 1. The van der Waals surface area contributed by atoms with E-state index < -0.39 is 11.8 Å². The zero-order chi connectivity index (χ0) is 9.64. The van der Waals surface area contributed by atoms with Crippen LogP contribution in [0.5, 0.6) is 0 Å². The van der Waals surface area contributed by atoms with E-state index in [4.69, 9.17) is 14.6 Å². The van der Waals surface area contributed by atoms with Gasteiger partial charge in [-0.2, -0.15) is 0 Å². The monoisotopic (exact) mass is 186 g/mol. The minimum absolute atomic E-state index is 0.0175. The van der Waals surface area contributed by atoms with Crippen molar-refractivity contribution in [3.05, 3.63) is 0 Å². The molecule has 1 saturated heterocycles. The maximum absolute atomic E-state index is 10.6. The SMILES string of the molecule is CC1(C)OC[C@H]([C@@H]2C[C@H]2C(=O)O)O1. The van der Waals surface area contributed by atoms with Gasteiger partial charge in [0.2, 0.25) is 0 Å². The van der Waals surface area contributed by atoms with Crippen LogP contribution in [0.3, 0.4) is 0 Å². The van der Waals surface area contributed by atoms with E-state index in [1.165, 1.54) is 0 Å². The molecule has 1 heterocycles. The van der Waals surface area contributed by atoms with Crippen LogP contribution in [0.25, 0.3) is 0 Å². The molecular formula is C9H14O4. The lowest BCUT2D eigenvalue weighted by Gasteiger charge is -2.16. The molecular weight excluding hydrogens is 172 g/mol. The Morgan fingerprint density at radius 2 is 2.23 bits per heavy atom. The molecule has 2 rings (SSSR count). The predicted molar refractivity (Wildman–Crippen MR) is 44.1 cm³/mol. The summed E-state index contributed by atoms with van der Waals surface area (Å²) in [6.07, 6.45) is 0.718. The number of hydrogen-bond acceptors (Lipinski definition) is 3. The quantitative estimate of drug-likeness (QED) is 0.694. The molecule has 1 aliphatic carbocycles. The number of carboxylic acids is 1. The first kappa shape index (κ1) is 8.97. The van der Waals surface area contributed by atoms with Crippen molar-refractivity contribution < 1.29 is 19.4 Å². The van der Waals surface area contributed by atoms with Crippen molar-refractivity contribution in [1.82, 2.24) is 0 Å². The number of aliphatic carboxylic acids is 1. The van der Waals surface area contributed by atoms with Crippen molar-refractivity contribution in [2.24, 2.45) is 11.8 Å². The maximum atomic E-state index is 10.6. The fourth-order valence-electron chi connectivity index (χ4n) is 1.84. The number of carboxylic acid groups (broad SMARTS) is 1. The van der Waals surface area contributed by atoms with Gasteiger partial charge in [0.25, 0.3) is 0 Å². The van der Waals surface area contributed by atoms with Crippen LogP contribution in [0.15, 0.2) is 0 Å². The van der Waals surface area contributed by atoms with E-state index in [0.29, 0.717) is 6.61 Å². The Bertz CT molecular complexity index is 236. The summed E-state index contributed by atoms with van der Waals surface area (Å²) >= 11 is 0. The number of rotatable bonds is 2. The van der Waals surface area contributed by atoms with E-state index in [9.17, 15) is 4.79 Å². The molecule has 1 saturated carbocycles. The zero-order valence-corrected chi connectivity index (χ0v) is 7.82. The smallest absolute Gasteiger partial charge is 0.306 e. The molecule has 0 aromatic heterocycles. The van der Waals surface area contributed by atoms with E-state index in [1.807, 2.05) is 13.8 Å². The molecule has 0 amide bonds. The summed E-state index contributed by atoms with van der Waals surface area (Å²) in [5, 5.41) is 8.72.